The lowest BCUT2D eigenvalue weighted by molar-refractivity contribution is -0.106. The summed E-state index contributed by atoms with van der Waals surface area (Å²) in [5, 5.41) is 13.2. The monoisotopic (exact) mass is 335 g/mol. The second kappa shape index (κ2) is 8.07. The van der Waals surface area contributed by atoms with Gasteiger partial charge < -0.3 is 22.2 Å². The van der Waals surface area contributed by atoms with Crippen LogP contribution in [0.4, 0.5) is 5.82 Å². The minimum atomic E-state index is -0.552. The Hall–Kier alpha value is -3.70. The SMILES string of the molecule is Cc1[nH]nc(N)c1C(N)=O.Cc1[nH]nc2nc[nH]c(=O)c12.NC=O. The van der Waals surface area contributed by atoms with E-state index in [1.165, 1.54) is 6.33 Å². The Labute approximate surface area is 134 Å². The summed E-state index contributed by atoms with van der Waals surface area (Å²) in [4.78, 5) is 36.6. The maximum Gasteiger partial charge on any atom is 0.262 e. The first-order valence-corrected chi connectivity index (χ1v) is 6.47. The van der Waals surface area contributed by atoms with Gasteiger partial charge in [-0.3, -0.25) is 24.6 Å². The molecule has 0 unspecified atom stereocenters. The summed E-state index contributed by atoms with van der Waals surface area (Å²) < 4.78 is 0. The molecule has 12 heteroatoms. The first-order valence-electron chi connectivity index (χ1n) is 6.47. The Kier molecular flexibility index (Phi) is 6.17. The van der Waals surface area contributed by atoms with Crippen LogP contribution in [0.15, 0.2) is 11.1 Å². The van der Waals surface area contributed by atoms with Crippen molar-refractivity contribution in [1.82, 2.24) is 30.4 Å². The van der Waals surface area contributed by atoms with Gasteiger partial charge in [0.15, 0.2) is 11.5 Å². The average molecular weight is 335 g/mol. The van der Waals surface area contributed by atoms with Crippen molar-refractivity contribution in [3.05, 3.63) is 33.6 Å². The molecule has 0 saturated carbocycles. The number of nitrogen functional groups attached to an aromatic ring is 1. The molecule has 12 nitrogen and oxygen atoms in total. The molecule has 0 radical (unpaired) electrons. The summed E-state index contributed by atoms with van der Waals surface area (Å²) in [6, 6.07) is 0. The van der Waals surface area contributed by atoms with E-state index in [-0.39, 0.29) is 23.4 Å². The number of hydrogen-bond acceptors (Lipinski definition) is 7. The van der Waals surface area contributed by atoms with Crippen molar-refractivity contribution >= 4 is 29.2 Å². The number of amides is 2. The van der Waals surface area contributed by atoms with E-state index in [0.29, 0.717) is 16.7 Å². The van der Waals surface area contributed by atoms with Crippen molar-refractivity contribution in [2.45, 2.75) is 13.8 Å². The molecule has 0 aliphatic carbocycles. The Bertz CT molecular complexity index is 873. The number of primary amides is 2. The first kappa shape index (κ1) is 18.3. The van der Waals surface area contributed by atoms with Gasteiger partial charge in [-0.15, -0.1) is 0 Å². The van der Waals surface area contributed by atoms with Crippen molar-refractivity contribution < 1.29 is 9.59 Å². The molecule has 0 fully saturated rings. The fourth-order valence-corrected chi connectivity index (χ4v) is 1.76. The fourth-order valence-electron chi connectivity index (χ4n) is 1.76. The predicted octanol–water partition coefficient (Wildman–Crippen LogP) is -1.54. The van der Waals surface area contributed by atoms with Crippen LogP contribution in [0, 0.1) is 13.8 Å². The second-order valence-electron chi connectivity index (χ2n) is 4.39. The maximum atomic E-state index is 11.1. The van der Waals surface area contributed by atoms with Crippen LogP contribution < -0.4 is 22.8 Å². The molecule has 2 amide bonds. The Balaban J connectivity index is 0.000000208. The van der Waals surface area contributed by atoms with Crippen LogP contribution in [-0.4, -0.2) is 42.7 Å². The third kappa shape index (κ3) is 4.16. The molecule has 0 spiro atoms. The van der Waals surface area contributed by atoms with E-state index in [1.807, 2.05) is 0 Å². The normalized spacial score (nSPS) is 9.42. The Morgan fingerprint density at radius 2 is 1.79 bits per heavy atom. The van der Waals surface area contributed by atoms with Gasteiger partial charge in [-0.05, 0) is 13.8 Å². The van der Waals surface area contributed by atoms with Gasteiger partial charge in [0.05, 0.1) is 6.33 Å². The van der Waals surface area contributed by atoms with Gasteiger partial charge in [0.1, 0.15) is 10.9 Å². The summed E-state index contributed by atoms with van der Waals surface area (Å²) in [5.74, 6) is -0.395. The third-order valence-corrected chi connectivity index (χ3v) is 2.76. The van der Waals surface area contributed by atoms with E-state index in [0.717, 1.165) is 5.69 Å². The van der Waals surface area contributed by atoms with Crippen LogP contribution in [0.5, 0.6) is 0 Å². The largest absolute Gasteiger partial charge is 0.382 e. The molecule has 0 bridgehead atoms. The number of nitrogens with two attached hydrogens (primary N) is 3. The number of aromatic nitrogens is 6. The summed E-state index contributed by atoms with van der Waals surface area (Å²) in [6.45, 7) is 3.47. The average Bonchev–Trinajstić information content (AvgIpc) is 3.05. The van der Waals surface area contributed by atoms with Crippen LogP contribution in [0.2, 0.25) is 0 Å². The van der Waals surface area contributed by atoms with E-state index in [4.69, 9.17) is 16.3 Å². The van der Waals surface area contributed by atoms with Crippen LogP contribution in [0.1, 0.15) is 21.7 Å². The van der Waals surface area contributed by atoms with Crippen LogP contribution in [0.25, 0.3) is 11.0 Å². The number of nitrogens with one attached hydrogen (secondary N) is 3. The van der Waals surface area contributed by atoms with Crippen molar-refractivity contribution in [2.24, 2.45) is 11.5 Å². The molecule has 0 aliphatic rings. The number of H-pyrrole nitrogens is 3. The zero-order chi connectivity index (χ0) is 18.3. The molecular weight excluding hydrogens is 318 g/mol. The molecule has 3 aromatic heterocycles. The van der Waals surface area contributed by atoms with Gasteiger partial charge >= 0.3 is 0 Å². The van der Waals surface area contributed by atoms with E-state index >= 15 is 0 Å². The molecule has 0 aliphatic heterocycles. The smallest absolute Gasteiger partial charge is 0.262 e. The molecule has 3 aromatic rings. The van der Waals surface area contributed by atoms with E-state index < -0.39 is 5.91 Å². The summed E-state index contributed by atoms with van der Waals surface area (Å²) in [6.07, 6.45) is 1.59. The van der Waals surface area contributed by atoms with Gasteiger partial charge in [0.2, 0.25) is 6.41 Å². The zero-order valence-corrected chi connectivity index (χ0v) is 13.0. The van der Waals surface area contributed by atoms with Crippen molar-refractivity contribution in [3.8, 4) is 0 Å². The van der Waals surface area contributed by atoms with Gasteiger partial charge in [-0.1, -0.05) is 0 Å². The number of carbonyl (C=O) groups excluding carboxylic acids is 2. The summed E-state index contributed by atoms with van der Waals surface area (Å²) >= 11 is 0. The number of aromatic amines is 3. The van der Waals surface area contributed by atoms with Gasteiger partial charge in [-0.25, -0.2) is 4.98 Å². The number of anilines is 1. The standard InChI is InChI=1S/C6H6N4O.C5H8N4O.CH3NO/c1-3-4-5(10-9-3)7-2-8-6(4)11;1-2-3(5(7)10)4(6)9-8-2;2-1-3/h2H,1H3,(H2,7,8,9,10,11);1H3,(H2,7,10)(H3,6,8,9);1H,(H2,2,3). The van der Waals surface area contributed by atoms with Crippen molar-refractivity contribution in [3.63, 3.8) is 0 Å². The van der Waals surface area contributed by atoms with Crippen LogP contribution in [-0.2, 0) is 4.79 Å². The molecule has 9 N–H and O–H groups in total. The Morgan fingerprint density at radius 1 is 1.21 bits per heavy atom. The van der Waals surface area contributed by atoms with Gasteiger partial charge in [0.25, 0.3) is 11.5 Å². The molecular formula is C12H17N9O3. The highest BCUT2D eigenvalue weighted by Gasteiger charge is 2.11. The molecule has 0 saturated heterocycles. The molecule has 3 heterocycles. The van der Waals surface area contributed by atoms with Crippen LogP contribution in [0.3, 0.4) is 0 Å². The van der Waals surface area contributed by atoms with Crippen molar-refractivity contribution in [2.75, 3.05) is 5.73 Å². The number of nitrogens with zero attached hydrogens (tertiary/aromatic N) is 3. The first-order chi connectivity index (χ1) is 11.3. The molecule has 3 rings (SSSR count). The summed E-state index contributed by atoms with van der Waals surface area (Å²) in [7, 11) is 0. The van der Waals surface area contributed by atoms with Crippen LogP contribution >= 0.6 is 0 Å². The van der Waals surface area contributed by atoms with Gasteiger partial charge in [0, 0.05) is 11.4 Å². The number of fused-ring (bicyclic) bond motifs is 1. The zero-order valence-electron chi connectivity index (χ0n) is 13.0. The molecule has 0 atom stereocenters. The van der Waals surface area contributed by atoms with E-state index in [9.17, 15) is 9.59 Å². The van der Waals surface area contributed by atoms with E-state index in [1.54, 1.807) is 13.8 Å². The lowest BCUT2D eigenvalue weighted by atomic mass is 10.2. The fraction of sp³-hybridized carbons (Fsp3) is 0.167. The summed E-state index contributed by atoms with van der Waals surface area (Å²) in [5.41, 5.74) is 16.4. The van der Waals surface area contributed by atoms with E-state index in [2.05, 4.69) is 36.1 Å². The lowest BCUT2D eigenvalue weighted by Crippen LogP contribution is -2.13. The van der Waals surface area contributed by atoms with Crippen molar-refractivity contribution in [1.29, 1.82) is 0 Å². The predicted molar refractivity (Wildman–Crippen MR) is 85.8 cm³/mol. The minimum Gasteiger partial charge on any atom is -0.382 e. The number of aryl methyl sites for hydroxylation is 2. The topological polar surface area (TPSA) is 215 Å². The molecule has 24 heavy (non-hydrogen) atoms. The highest BCUT2D eigenvalue weighted by molar-refractivity contribution is 5.98. The quantitative estimate of drug-likeness (QED) is 0.287. The molecule has 128 valence electrons. The molecule has 0 aromatic carbocycles. The maximum absolute atomic E-state index is 11.1. The highest BCUT2D eigenvalue weighted by Crippen LogP contribution is 2.09. The Morgan fingerprint density at radius 3 is 2.21 bits per heavy atom. The minimum absolute atomic E-state index is 0.152. The number of carbonyl (C=O) groups is 2. The number of rotatable bonds is 1. The lowest BCUT2D eigenvalue weighted by Gasteiger charge is -1.90. The third-order valence-electron chi connectivity index (χ3n) is 2.76. The number of hydrogen-bond donors (Lipinski definition) is 6. The van der Waals surface area contributed by atoms with Gasteiger partial charge in [-0.2, -0.15) is 10.2 Å². The second-order valence-corrected chi connectivity index (χ2v) is 4.39. The highest BCUT2D eigenvalue weighted by atomic mass is 16.1.